The van der Waals surface area contributed by atoms with Crippen LogP contribution in [-0.2, 0) is 0 Å². The molecule has 2 rings (SSSR count). The van der Waals surface area contributed by atoms with Crippen LogP contribution >= 0.6 is 0 Å². The van der Waals surface area contributed by atoms with Gasteiger partial charge in [0, 0.05) is 6.04 Å². The number of rotatable bonds is 3. The van der Waals surface area contributed by atoms with E-state index in [-0.39, 0.29) is 5.82 Å². The average molecular weight is 196 g/mol. The Hall–Kier alpha value is -1.59. The Morgan fingerprint density at radius 3 is 2.93 bits per heavy atom. The molecule has 0 unspecified atom stereocenters. The highest BCUT2D eigenvalue weighted by molar-refractivity contribution is 5.51. The number of hydrogen-bond donors (Lipinski definition) is 2. The van der Waals surface area contributed by atoms with E-state index in [1.165, 1.54) is 19.2 Å². The van der Waals surface area contributed by atoms with Crippen LogP contribution in [0, 0.1) is 10.1 Å². The first-order valence-corrected chi connectivity index (χ1v) is 4.71. The third kappa shape index (κ3) is 1.68. The van der Waals surface area contributed by atoms with E-state index in [2.05, 4.69) is 15.3 Å². The normalized spacial score (nSPS) is 17.1. The lowest BCUT2D eigenvalue weighted by molar-refractivity contribution is -0.388. The maximum Gasteiger partial charge on any atom is 0.364 e. The van der Waals surface area contributed by atoms with Crippen LogP contribution in [-0.4, -0.2) is 20.9 Å². The molecule has 0 spiro atoms. The molecule has 1 saturated carbocycles. The lowest BCUT2D eigenvalue weighted by Crippen LogP contribution is -2.15. The predicted octanol–water partition coefficient (Wildman–Crippen LogP) is 1.67. The molecule has 0 bridgehead atoms. The van der Waals surface area contributed by atoms with Gasteiger partial charge in [-0.25, -0.2) is 4.98 Å². The largest absolute Gasteiger partial charge is 0.364 e. The highest BCUT2D eigenvalue weighted by atomic mass is 16.6. The van der Waals surface area contributed by atoms with Crippen molar-refractivity contribution in [3.63, 3.8) is 0 Å². The molecule has 2 N–H and O–H groups in total. The van der Waals surface area contributed by atoms with Crippen molar-refractivity contribution >= 4 is 11.6 Å². The van der Waals surface area contributed by atoms with Crippen molar-refractivity contribution in [2.45, 2.75) is 31.7 Å². The second kappa shape index (κ2) is 3.65. The maximum atomic E-state index is 10.6. The van der Waals surface area contributed by atoms with Crippen LogP contribution in [0.2, 0.25) is 0 Å². The molecule has 1 aromatic rings. The maximum absolute atomic E-state index is 10.6. The van der Waals surface area contributed by atoms with Crippen molar-refractivity contribution in [2.75, 3.05) is 5.32 Å². The molecule has 1 aromatic heterocycles. The number of hydrogen-bond acceptors (Lipinski definition) is 4. The lowest BCUT2D eigenvalue weighted by atomic mass is 10.2. The number of nitro groups is 1. The number of aromatic amines is 1. The van der Waals surface area contributed by atoms with E-state index < -0.39 is 4.92 Å². The second-order valence-corrected chi connectivity index (χ2v) is 3.48. The minimum atomic E-state index is -0.454. The summed E-state index contributed by atoms with van der Waals surface area (Å²) >= 11 is 0. The van der Waals surface area contributed by atoms with Gasteiger partial charge in [0.25, 0.3) is 0 Å². The first kappa shape index (κ1) is 8.98. The number of nitrogens with one attached hydrogen (secondary N) is 2. The van der Waals surface area contributed by atoms with E-state index in [4.69, 9.17) is 0 Å². The fraction of sp³-hybridized carbons (Fsp3) is 0.625. The molecule has 0 amide bonds. The Morgan fingerprint density at radius 2 is 2.29 bits per heavy atom. The molecule has 0 radical (unpaired) electrons. The van der Waals surface area contributed by atoms with E-state index in [1.807, 2.05) is 0 Å². The Labute approximate surface area is 80.9 Å². The van der Waals surface area contributed by atoms with Crippen molar-refractivity contribution in [2.24, 2.45) is 0 Å². The van der Waals surface area contributed by atoms with Crippen molar-refractivity contribution in [3.05, 3.63) is 16.4 Å². The fourth-order valence-electron chi connectivity index (χ4n) is 1.80. The monoisotopic (exact) mass is 196 g/mol. The lowest BCUT2D eigenvalue weighted by Gasteiger charge is -2.09. The van der Waals surface area contributed by atoms with E-state index >= 15 is 0 Å². The van der Waals surface area contributed by atoms with Crippen LogP contribution in [0.15, 0.2) is 6.33 Å². The Balaban J connectivity index is 2.07. The molecule has 6 heteroatoms. The molecule has 14 heavy (non-hydrogen) atoms. The van der Waals surface area contributed by atoms with Crippen LogP contribution < -0.4 is 5.32 Å². The number of imidazole rings is 1. The van der Waals surface area contributed by atoms with Gasteiger partial charge in [0.2, 0.25) is 5.82 Å². The van der Waals surface area contributed by atoms with Gasteiger partial charge in [-0.3, -0.25) is 0 Å². The van der Waals surface area contributed by atoms with Gasteiger partial charge in [-0.1, -0.05) is 12.8 Å². The zero-order chi connectivity index (χ0) is 9.97. The molecule has 0 aliphatic heterocycles. The van der Waals surface area contributed by atoms with Gasteiger partial charge in [0.1, 0.15) is 0 Å². The van der Waals surface area contributed by atoms with Gasteiger partial charge in [-0.05, 0) is 17.8 Å². The summed E-state index contributed by atoms with van der Waals surface area (Å²) in [5, 5.41) is 13.6. The minimum absolute atomic E-state index is 0.0445. The molecule has 1 aliphatic rings. The highest BCUT2D eigenvalue weighted by Crippen LogP contribution is 2.25. The Kier molecular flexibility index (Phi) is 2.34. The quantitative estimate of drug-likeness (QED) is 0.569. The van der Waals surface area contributed by atoms with Gasteiger partial charge in [0.05, 0.1) is 0 Å². The first-order valence-electron chi connectivity index (χ1n) is 4.71. The van der Waals surface area contributed by atoms with Gasteiger partial charge in [-0.15, -0.1) is 0 Å². The summed E-state index contributed by atoms with van der Waals surface area (Å²) < 4.78 is 0. The first-order chi connectivity index (χ1) is 6.77. The van der Waals surface area contributed by atoms with Gasteiger partial charge in [0.15, 0.2) is 6.33 Å². The smallest absolute Gasteiger partial charge is 0.360 e. The van der Waals surface area contributed by atoms with Crippen molar-refractivity contribution in [1.82, 2.24) is 9.97 Å². The standard InChI is InChI=1S/C8H12N4O2/c13-12(14)8-7(9-5-10-8)11-6-3-1-2-4-6/h5-6,11H,1-4H2,(H,9,10). The summed E-state index contributed by atoms with van der Waals surface area (Å²) in [6, 6.07) is 0.344. The summed E-state index contributed by atoms with van der Waals surface area (Å²) in [7, 11) is 0. The zero-order valence-corrected chi connectivity index (χ0v) is 7.69. The summed E-state index contributed by atoms with van der Waals surface area (Å²) in [6.07, 6.45) is 5.87. The van der Waals surface area contributed by atoms with Crippen LogP contribution in [0.25, 0.3) is 0 Å². The van der Waals surface area contributed by atoms with E-state index in [1.54, 1.807) is 0 Å². The summed E-state index contributed by atoms with van der Waals surface area (Å²) in [5.74, 6) is 0.318. The zero-order valence-electron chi connectivity index (χ0n) is 7.69. The van der Waals surface area contributed by atoms with Crippen LogP contribution in [0.1, 0.15) is 25.7 Å². The number of H-pyrrole nitrogens is 1. The molecular weight excluding hydrogens is 184 g/mol. The summed E-state index contributed by atoms with van der Waals surface area (Å²) in [5.41, 5.74) is 0. The SMILES string of the molecule is O=[N+]([O-])c1[nH]cnc1NC1CCCC1. The minimum Gasteiger partial charge on any atom is -0.360 e. The molecule has 1 fully saturated rings. The molecule has 0 saturated heterocycles. The van der Waals surface area contributed by atoms with Crippen LogP contribution in [0.3, 0.4) is 0 Å². The van der Waals surface area contributed by atoms with Crippen LogP contribution in [0.5, 0.6) is 0 Å². The molecule has 1 heterocycles. The summed E-state index contributed by atoms with van der Waals surface area (Å²) in [6.45, 7) is 0. The van der Waals surface area contributed by atoms with Gasteiger partial charge in [-0.2, -0.15) is 4.98 Å². The third-order valence-corrected chi connectivity index (χ3v) is 2.50. The van der Waals surface area contributed by atoms with E-state index in [9.17, 15) is 10.1 Å². The van der Waals surface area contributed by atoms with E-state index in [0.717, 1.165) is 12.8 Å². The van der Waals surface area contributed by atoms with Gasteiger partial charge >= 0.3 is 5.82 Å². The van der Waals surface area contributed by atoms with Crippen molar-refractivity contribution in [1.29, 1.82) is 0 Å². The highest BCUT2D eigenvalue weighted by Gasteiger charge is 2.21. The molecular formula is C8H12N4O2. The predicted molar refractivity (Wildman–Crippen MR) is 51.1 cm³/mol. The number of anilines is 1. The topological polar surface area (TPSA) is 83.8 Å². The Bertz CT molecular complexity index is 330. The number of nitrogens with zero attached hydrogens (tertiary/aromatic N) is 2. The second-order valence-electron chi connectivity index (χ2n) is 3.48. The molecule has 1 aliphatic carbocycles. The molecule has 6 nitrogen and oxygen atoms in total. The fourth-order valence-corrected chi connectivity index (χ4v) is 1.80. The Morgan fingerprint density at radius 1 is 1.57 bits per heavy atom. The van der Waals surface area contributed by atoms with E-state index in [0.29, 0.717) is 11.9 Å². The van der Waals surface area contributed by atoms with Crippen molar-refractivity contribution < 1.29 is 4.92 Å². The molecule has 0 atom stereocenters. The van der Waals surface area contributed by atoms with Gasteiger partial charge < -0.3 is 15.4 Å². The molecule has 76 valence electrons. The third-order valence-electron chi connectivity index (χ3n) is 2.50. The summed E-state index contributed by atoms with van der Waals surface area (Å²) in [4.78, 5) is 16.5. The van der Waals surface area contributed by atoms with Crippen LogP contribution in [0.4, 0.5) is 11.6 Å². The number of aromatic nitrogens is 2. The van der Waals surface area contributed by atoms with Crippen molar-refractivity contribution in [3.8, 4) is 0 Å². The average Bonchev–Trinajstić information content (AvgIpc) is 2.75. The molecule has 0 aromatic carbocycles.